The van der Waals surface area contributed by atoms with Gasteiger partial charge < -0.3 is 10.2 Å². The summed E-state index contributed by atoms with van der Waals surface area (Å²) in [6.45, 7) is 2.23. The Balaban J connectivity index is 3.18. The minimum Gasteiger partial charge on any atom is -0.307 e. The molecule has 0 aromatic carbocycles. The van der Waals surface area contributed by atoms with E-state index in [-0.39, 0.29) is 6.42 Å². The van der Waals surface area contributed by atoms with Crippen LogP contribution in [0.3, 0.4) is 0 Å². The van der Waals surface area contributed by atoms with E-state index in [1.807, 2.05) is 0 Å². The maximum absolute atomic E-state index is 10.3. The van der Waals surface area contributed by atoms with Crippen LogP contribution in [0.4, 0.5) is 0 Å². The van der Waals surface area contributed by atoms with Gasteiger partial charge >= 0.3 is 5.91 Å². The lowest BCUT2D eigenvalue weighted by atomic mass is 10.0. The van der Waals surface area contributed by atoms with Gasteiger partial charge in [0.1, 0.15) is 0 Å². The number of rotatable bonds is 15. The number of hydrogen-bond acceptors (Lipinski definition) is 4. The Labute approximate surface area is 128 Å². The van der Waals surface area contributed by atoms with Gasteiger partial charge in [-0.05, 0) is 6.42 Å². The van der Waals surface area contributed by atoms with Crippen molar-refractivity contribution in [2.24, 2.45) is 0 Å². The van der Waals surface area contributed by atoms with Crippen LogP contribution in [0.2, 0.25) is 0 Å². The minimum absolute atomic E-state index is 0.183. The Morgan fingerprint density at radius 3 is 1.43 bits per heavy atom. The zero-order chi connectivity index (χ0) is 16.0. The number of unbranched alkanes of at least 4 members (excludes halogenated alkanes) is 12. The monoisotopic (exact) mass is 303 g/mol. The average molecular weight is 303 g/mol. The summed E-state index contributed by atoms with van der Waals surface area (Å²) >= 11 is 0. The summed E-state index contributed by atoms with van der Waals surface area (Å²) in [5.41, 5.74) is 0. The Morgan fingerprint density at radius 2 is 1.10 bits per heavy atom. The first-order valence-electron chi connectivity index (χ1n) is 8.60. The third-order valence-electron chi connectivity index (χ3n) is 3.91. The predicted molar refractivity (Wildman–Crippen MR) is 84.5 cm³/mol. The summed E-state index contributed by atoms with van der Waals surface area (Å²) in [6, 6.07) is 0. The molecule has 0 aliphatic heterocycles. The molecule has 0 amide bonds. The summed E-state index contributed by atoms with van der Waals surface area (Å²) in [4.78, 5) is 9.24. The van der Waals surface area contributed by atoms with Crippen LogP contribution in [0.15, 0.2) is 0 Å². The number of nitrogens with zero attached hydrogens (tertiary/aromatic N) is 1. The first-order valence-corrected chi connectivity index (χ1v) is 8.60. The summed E-state index contributed by atoms with van der Waals surface area (Å²) in [5.74, 6) is -2.74. The molecule has 2 N–H and O–H groups in total. The SMILES string of the molecule is CCCCCCCCCCCCCCCC(O)(O)[N+](=O)[O-]. The van der Waals surface area contributed by atoms with Crippen LogP contribution in [0.1, 0.15) is 96.8 Å². The van der Waals surface area contributed by atoms with Crippen molar-refractivity contribution in [3.05, 3.63) is 10.1 Å². The molecule has 0 aliphatic rings. The lowest BCUT2D eigenvalue weighted by Crippen LogP contribution is -2.37. The van der Waals surface area contributed by atoms with Crippen molar-refractivity contribution in [3.8, 4) is 0 Å². The second-order valence-electron chi connectivity index (χ2n) is 6.02. The van der Waals surface area contributed by atoms with E-state index in [1.165, 1.54) is 57.8 Å². The third-order valence-corrected chi connectivity index (χ3v) is 3.91. The van der Waals surface area contributed by atoms with Gasteiger partial charge in [0, 0.05) is 0 Å². The quantitative estimate of drug-likeness (QED) is 0.203. The molecular weight excluding hydrogens is 270 g/mol. The van der Waals surface area contributed by atoms with E-state index in [0.717, 1.165) is 19.3 Å². The van der Waals surface area contributed by atoms with E-state index in [1.54, 1.807) is 0 Å². The zero-order valence-electron chi connectivity index (χ0n) is 13.6. The van der Waals surface area contributed by atoms with Gasteiger partial charge in [0.2, 0.25) is 0 Å². The number of nitro groups is 1. The Bertz CT molecular complexity index is 257. The van der Waals surface area contributed by atoms with Crippen LogP contribution in [0.25, 0.3) is 0 Å². The molecule has 0 aliphatic carbocycles. The molecule has 0 aromatic rings. The summed E-state index contributed by atoms with van der Waals surface area (Å²) in [6.07, 6.45) is 15.2. The number of aliphatic hydroxyl groups is 2. The number of hydrogen-bond donors (Lipinski definition) is 2. The first-order chi connectivity index (χ1) is 10.0. The lowest BCUT2D eigenvalue weighted by Gasteiger charge is -2.11. The van der Waals surface area contributed by atoms with E-state index in [2.05, 4.69) is 6.92 Å². The van der Waals surface area contributed by atoms with Gasteiger partial charge in [-0.2, -0.15) is 0 Å². The summed E-state index contributed by atoms with van der Waals surface area (Å²) < 4.78 is 0. The molecule has 0 spiro atoms. The van der Waals surface area contributed by atoms with Crippen LogP contribution in [0.5, 0.6) is 0 Å². The molecule has 0 fully saturated rings. The smallest absolute Gasteiger partial charge is 0.307 e. The predicted octanol–water partition coefficient (Wildman–Crippen LogP) is 4.38. The molecule has 0 unspecified atom stereocenters. The summed E-state index contributed by atoms with van der Waals surface area (Å²) in [7, 11) is 0. The molecule has 0 heterocycles. The summed E-state index contributed by atoms with van der Waals surface area (Å²) in [5, 5.41) is 28.3. The van der Waals surface area contributed by atoms with Gasteiger partial charge in [0.15, 0.2) is 0 Å². The molecule has 0 atom stereocenters. The van der Waals surface area contributed by atoms with Crippen LogP contribution in [-0.4, -0.2) is 21.0 Å². The van der Waals surface area contributed by atoms with Gasteiger partial charge in [-0.3, -0.25) is 10.1 Å². The second kappa shape index (κ2) is 13.0. The van der Waals surface area contributed by atoms with Crippen LogP contribution in [-0.2, 0) is 0 Å². The van der Waals surface area contributed by atoms with Gasteiger partial charge in [-0.15, -0.1) is 0 Å². The fourth-order valence-electron chi connectivity index (χ4n) is 2.47. The minimum atomic E-state index is -2.74. The molecular formula is C16H33NO4. The highest BCUT2D eigenvalue weighted by Gasteiger charge is 2.36. The van der Waals surface area contributed by atoms with Crippen molar-refractivity contribution in [1.82, 2.24) is 0 Å². The normalized spacial score (nSPS) is 11.8. The van der Waals surface area contributed by atoms with E-state index < -0.39 is 10.8 Å². The fraction of sp³-hybridized carbons (Fsp3) is 1.00. The van der Waals surface area contributed by atoms with Gasteiger partial charge in [-0.1, -0.05) is 84.0 Å². The Hall–Kier alpha value is -0.680. The molecule has 0 radical (unpaired) electrons. The molecule has 5 heteroatoms. The van der Waals surface area contributed by atoms with Crippen molar-refractivity contribution >= 4 is 0 Å². The molecule has 0 rings (SSSR count). The molecule has 21 heavy (non-hydrogen) atoms. The van der Waals surface area contributed by atoms with Crippen molar-refractivity contribution in [1.29, 1.82) is 0 Å². The molecule has 0 bridgehead atoms. The Kier molecular flexibility index (Phi) is 12.6. The van der Waals surface area contributed by atoms with Crippen molar-refractivity contribution < 1.29 is 15.1 Å². The molecule has 0 aromatic heterocycles. The van der Waals surface area contributed by atoms with E-state index >= 15 is 0 Å². The van der Waals surface area contributed by atoms with Gasteiger partial charge in [-0.25, -0.2) is 0 Å². The maximum atomic E-state index is 10.3. The van der Waals surface area contributed by atoms with Crippen molar-refractivity contribution in [3.63, 3.8) is 0 Å². The largest absolute Gasteiger partial charge is 0.437 e. The van der Waals surface area contributed by atoms with Gasteiger partial charge in [0.25, 0.3) is 0 Å². The van der Waals surface area contributed by atoms with Crippen LogP contribution in [0, 0.1) is 10.1 Å². The van der Waals surface area contributed by atoms with Crippen molar-refractivity contribution in [2.75, 3.05) is 0 Å². The third kappa shape index (κ3) is 12.8. The fourth-order valence-corrected chi connectivity index (χ4v) is 2.47. The first kappa shape index (κ1) is 20.3. The van der Waals surface area contributed by atoms with E-state index in [4.69, 9.17) is 10.2 Å². The van der Waals surface area contributed by atoms with E-state index in [9.17, 15) is 10.1 Å². The average Bonchev–Trinajstić information content (AvgIpc) is 2.43. The standard InChI is InChI=1S/C16H33NO4/c1-2-3-4-5-6-7-8-9-10-11-12-13-14-15-16(18,19)17(20)21/h18-19H,2-15H2,1H3. The Morgan fingerprint density at radius 1 is 0.762 bits per heavy atom. The van der Waals surface area contributed by atoms with Crippen molar-refractivity contribution in [2.45, 2.75) is 103 Å². The molecule has 126 valence electrons. The highest BCUT2D eigenvalue weighted by molar-refractivity contribution is 4.52. The van der Waals surface area contributed by atoms with Crippen LogP contribution < -0.4 is 0 Å². The van der Waals surface area contributed by atoms with Crippen LogP contribution >= 0.6 is 0 Å². The lowest BCUT2D eigenvalue weighted by molar-refractivity contribution is -0.684. The zero-order valence-corrected chi connectivity index (χ0v) is 13.6. The van der Waals surface area contributed by atoms with E-state index in [0.29, 0.717) is 6.42 Å². The molecule has 5 nitrogen and oxygen atoms in total. The molecule has 0 saturated heterocycles. The highest BCUT2D eigenvalue weighted by Crippen LogP contribution is 2.15. The maximum Gasteiger partial charge on any atom is 0.437 e. The topological polar surface area (TPSA) is 83.6 Å². The van der Waals surface area contributed by atoms with Gasteiger partial charge in [0.05, 0.1) is 11.3 Å². The second-order valence-corrected chi connectivity index (χ2v) is 6.02. The molecule has 0 saturated carbocycles. The highest BCUT2D eigenvalue weighted by atomic mass is 16.7.